The maximum Gasteiger partial charge on any atom is 0.295 e. The predicted molar refractivity (Wildman–Crippen MR) is 144 cm³/mol. The van der Waals surface area contributed by atoms with Crippen molar-refractivity contribution >= 4 is 17.4 Å². The van der Waals surface area contributed by atoms with Gasteiger partial charge in [0.05, 0.1) is 45.5 Å². The van der Waals surface area contributed by atoms with E-state index in [1.807, 2.05) is 20.8 Å². The predicted octanol–water partition coefficient (Wildman–Crippen LogP) is 2.42. The molecule has 0 aromatic heterocycles. The molecular formula is C30H40N2O6. The topological polar surface area (TPSA) is 92.6 Å². The largest absolute Gasteiger partial charge is 0.872 e. The normalized spacial score (nSPS) is 16.8. The maximum atomic E-state index is 13.7. The van der Waals surface area contributed by atoms with Crippen molar-refractivity contribution in [1.82, 2.24) is 4.90 Å². The number of amides is 1. The third-order valence-corrected chi connectivity index (χ3v) is 6.77. The molecule has 0 aliphatic carbocycles. The molecule has 38 heavy (non-hydrogen) atoms. The van der Waals surface area contributed by atoms with Gasteiger partial charge in [-0.05, 0) is 70.0 Å². The van der Waals surface area contributed by atoms with Crippen LogP contribution in [0.15, 0.2) is 48.0 Å². The van der Waals surface area contributed by atoms with Gasteiger partial charge < -0.3 is 29.1 Å². The van der Waals surface area contributed by atoms with E-state index in [0.29, 0.717) is 61.2 Å². The van der Waals surface area contributed by atoms with Gasteiger partial charge in [0.15, 0.2) is 11.5 Å². The first-order chi connectivity index (χ1) is 18.4. The van der Waals surface area contributed by atoms with Crippen molar-refractivity contribution in [2.24, 2.45) is 0 Å². The molecule has 3 rings (SSSR count). The third-order valence-electron chi connectivity index (χ3n) is 6.77. The summed E-state index contributed by atoms with van der Waals surface area (Å²) in [6.07, 6.45) is 0.715. The van der Waals surface area contributed by atoms with Crippen LogP contribution in [0.25, 0.3) is 5.76 Å². The zero-order valence-electron chi connectivity index (χ0n) is 23.2. The van der Waals surface area contributed by atoms with Gasteiger partial charge in [-0.2, -0.15) is 0 Å². The fraction of sp³-hybridized carbons (Fsp3) is 0.467. The van der Waals surface area contributed by atoms with Crippen LogP contribution in [0.2, 0.25) is 0 Å². The average Bonchev–Trinajstić information content (AvgIpc) is 3.17. The zero-order valence-corrected chi connectivity index (χ0v) is 23.2. The summed E-state index contributed by atoms with van der Waals surface area (Å²) in [5.41, 5.74) is 0.932. The first-order valence-electron chi connectivity index (χ1n) is 13.6. The van der Waals surface area contributed by atoms with E-state index in [2.05, 4.69) is 13.8 Å². The third kappa shape index (κ3) is 6.48. The molecule has 206 valence electrons. The van der Waals surface area contributed by atoms with Gasteiger partial charge in [0, 0.05) is 18.5 Å². The van der Waals surface area contributed by atoms with E-state index in [1.165, 1.54) is 4.90 Å². The Morgan fingerprint density at radius 3 is 2.11 bits per heavy atom. The molecule has 0 radical (unpaired) electrons. The SMILES string of the molecule is CCOc1ccc(C([O-])=C2C(=O)C(=O)N(CCC[NH+](CC)CC)C2c2ccc(OCC)c(OCC)c2)cc1. The molecule has 1 atom stereocenters. The molecule has 0 spiro atoms. The molecule has 2 aromatic rings. The Hall–Kier alpha value is -3.52. The van der Waals surface area contributed by atoms with Crippen LogP contribution < -0.4 is 24.2 Å². The fourth-order valence-electron chi connectivity index (χ4n) is 4.81. The molecule has 0 saturated carbocycles. The number of rotatable bonds is 14. The average molecular weight is 525 g/mol. The number of benzene rings is 2. The summed E-state index contributed by atoms with van der Waals surface area (Å²) in [6.45, 7) is 14.5. The van der Waals surface area contributed by atoms with E-state index >= 15 is 0 Å². The highest BCUT2D eigenvalue weighted by Crippen LogP contribution is 2.41. The number of ketones is 1. The quantitative estimate of drug-likeness (QED) is 0.232. The van der Waals surface area contributed by atoms with Gasteiger partial charge in [-0.1, -0.05) is 24.0 Å². The maximum absolute atomic E-state index is 13.7. The van der Waals surface area contributed by atoms with E-state index in [4.69, 9.17) is 14.2 Å². The van der Waals surface area contributed by atoms with Crippen molar-refractivity contribution in [3.8, 4) is 17.2 Å². The van der Waals surface area contributed by atoms with Crippen molar-refractivity contribution in [3.05, 3.63) is 59.2 Å². The molecule has 8 heteroatoms. The number of ether oxygens (including phenoxy) is 3. The second-order valence-corrected chi connectivity index (χ2v) is 9.06. The molecule has 0 bridgehead atoms. The van der Waals surface area contributed by atoms with Crippen LogP contribution >= 0.6 is 0 Å². The van der Waals surface area contributed by atoms with Gasteiger partial charge in [0.1, 0.15) is 5.75 Å². The summed E-state index contributed by atoms with van der Waals surface area (Å²) in [5, 5.41) is 13.7. The standard InChI is InChI=1S/C30H40N2O6/c1-6-31(7-2)18-11-19-32-27(22-14-17-24(37-9-4)25(20-22)38-10-5)26(29(34)30(32)35)28(33)21-12-15-23(16-13-21)36-8-3/h12-17,20,27,33H,6-11,18-19H2,1-5H3. The molecule has 1 N–H and O–H groups in total. The number of hydrogen-bond donors (Lipinski definition) is 1. The summed E-state index contributed by atoms with van der Waals surface area (Å²) >= 11 is 0. The summed E-state index contributed by atoms with van der Waals surface area (Å²) in [4.78, 5) is 29.6. The fourth-order valence-corrected chi connectivity index (χ4v) is 4.81. The number of Topliss-reactive ketones (excluding diaryl/α,β-unsaturated/α-hetero) is 1. The van der Waals surface area contributed by atoms with Crippen molar-refractivity contribution in [1.29, 1.82) is 0 Å². The van der Waals surface area contributed by atoms with E-state index in [9.17, 15) is 14.7 Å². The molecule has 1 fully saturated rings. The second kappa shape index (κ2) is 13.9. The van der Waals surface area contributed by atoms with E-state index in [0.717, 1.165) is 19.6 Å². The van der Waals surface area contributed by atoms with Crippen LogP contribution in [0.5, 0.6) is 17.2 Å². The Balaban J connectivity index is 2.08. The summed E-state index contributed by atoms with van der Waals surface area (Å²) < 4.78 is 17.0. The van der Waals surface area contributed by atoms with Gasteiger partial charge in [0.25, 0.3) is 5.91 Å². The molecule has 1 amide bonds. The summed E-state index contributed by atoms with van der Waals surface area (Å²) in [6, 6.07) is 11.2. The Labute approximate surface area is 225 Å². The highest BCUT2D eigenvalue weighted by Gasteiger charge is 2.44. The summed E-state index contributed by atoms with van der Waals surface area (Å²) in [5.74, 6) is -0.140. The summed E-state index contributed by atoms with van der Waals surface area (Å²) in [7, 11) is 0. The van der Waals surface area contributed by atoms with Gasteiger partial charge in [-0.25, -0.2) is 0 Å². The number of quaternary nitrogens is 1. The van der Waals surface area contributed by atoms with Crippen molar-refractivity contribution in [2.45, 2.75) is 47.1 Å². The molecule has 1 aliphatic rings. The van der Waals surface area contributed by atoms with Crippen LogP contribution in [-0.4, -0.2) is 62.6 Å². The van der Waals surface area contributed by atoms with Gasteiger partial charge in [0.2, 0.25) is 5.78 Å². The lowest BCUT2D eigenvalue weighted by molar-refractivity contribution is -0.896. The highest BCUT2D eigenvalue weighted by molar-refractivity contribution is 6.46. The number of carbonyl (C=O) groups is 2. The Morgan fingerprint density at radius 2 is 1.50 bits per heavy atom. The smallest absolute Gasteiger partial charge is 0.295 e. The minimum atomic E-state index is -0.810. The number of likely N-dealkylation sites (tertiary alicyclic amines) is 1. The van der Waals surface area contributed by atoms with Crippen molar-refractivity contribution in [3.63, 3.8) is 0 Å². The Kier molecular flexibility index (Phi) is 10.6. The minimum absolute atomic E-state index is 0.0408. The first kappa shape index (κ1) is 29.0. The molecule has 1 saturated heterocycles. The Bertz CT molecular complexity index is 1120. The number of nitrogens with one attached hydrogen (secondary N) is 1. The minimum Gasteiger partial charge on any atom is -0.872 e. The van der Waals surface area contributed by atoms with Crippen LogP contribution in [0.1, 0.15) is 58.2 Å². The van der Waals surface area contributed by atoms with Gasteiger partial charge in [-0.3, -0.25) is 9.59 Å². The van der Waals surface area contributed by atoms with Crippen LogP contribution in [0, 0.1) is 0 Å². The lowest BCUT2D eigenvalue weighted by atomic mass is 9.95. The van der Waals surface area contributed by atoms with Crippen LogP contribution in [-0.2, 0) is 9.59 Å². The molecule has 1 unspecified atom stereocenters. The Morgan fingerprint density at radius 1 is 0.868 bits per heavy atom. The van der Waals surface area contributed by atoms with Crippen molar-refractivity contribution < 1.29 is 33.8 Å². The van der Waals surface area contributed by atoms with Crippen molar-refractivity contribution in [2.75, 3.05) is 46.0 Å². The molecular weight excluding hydrogens is 484 g/mol. The second-order valence-electron chi connectivity index (χ2n) is 9.06. The van der Waals surface area contributed by atoms with Gasteiger partial charge in [-0.15, -0.1) is 0 Å². The van der Waals surface area contributed by atoms with E-state index < -0.39 is 23.5 Å². The molecule has 2 aromatic carbocycles. The lowest BCUT2D eigenvalue weighted by Gasteiger charge is -2.28. The molecule has 1 aliphatic heterocycles. The van der Waals surface area contributed by atoms with E-state index in [-0.39, 0.29) is 5.57 Å². The number of nitrogens with zero attached hydrogens (tertiary/aromatic N) is 1. The highest BCUT2D eigenvalue weighted by atomic mass is 16.5. The number of carbonyl (C=O) groups excluding carboxylic acids is 2. The van der Waals surface area contributed by atoms with Crippen LogP contribution in [0.3, 0.4) is 0 Å². The van der Waals surface area contributed by atoms with E-state index in [1.54, 1.807) is 47.4 Å². The molecule has 1 heterocycles. The molecule has 8 nitrogen and oxygen atoms in total. The first-order valence-corrected chi connectivity index (χ1v) is 13.6. The number of hydrogen-bond acceptors (Lipinski definition) is 6. The zero-order chi connectivity index (χ0) is 27.7. The van der Waals surface area contributed by atoms with Gasteiger partial charge >= 0.3 is 0 Å². The monoisotopic (exact) mass is 524 g/mol. The van der Waals surface area contributed by atoms with Crippen LogP contribution in [0.4, 0.5) is 0 Å². The lowest BCUT2D eigenvalue weighted by Crippen LogP contribution is -3.11.